The third-order valence-corrected chi connectivity index (χ3v) is 4.02. The first-order valence-corrected chi connectivity index (χ1v) is 7.89. The van der Waals surface area contributed by atoms with E-state index in [9.17, 15) is 4.79 Å². The summed E-state index contributed by atoms with van der Waals surface area (Å²) in [5.74, 6) is 1.32. The highest BCUT2D eigenvalue weighted by atomic mass is 16.5. The smallest absolute Gasteiger partial charge is 0.260 e. The van der Waals surface area contributed by atoms with E-state index in [0.29, 0.717) is 12.0 Å². The lowest BCUT2D eigenvalue weighted by Gasteiger charge is -2.37. The van der Waals surface area contributed by atoms with Gasteiger partial charge in [0.05, 0.1) is 0 Å². The van der Waals surface area contributed by atoms with Crippen LogP contribution in [0, 0.1) is 5.92 Å². The van der Waals surface area contributed by atoms with E-state index in [0.717, 1.165) is 38.2 Å². The monoisotopic (exact) mass is 290 g/mol. The summed E-state index contributed by atoms with van der Waals surface area (Å²) in [6, 6.07) is 10.0. The Balaban J connectivity index is 1.76. The average molecular weight is 290 g/mol. The summed E-state index contributed by atoms with van der Waals surface area (Å²) in [5, 5.41) is 3.57. The van der Waals surface area contributed by atoms with Gasteiger partial charge >= 0.3 is 0 Å². The normalized spacial score (nSPS) is 22.1. The summed E-state index contributed by atoms with van der Waals surface area (Å²) in [6.45, 7) is 7.22. The van der Waals surface area contributed by atoms with Gasteiger partial charge in [-0.15, -0.1) is 0 Å². The van der Waals surface area contributed by atoms with Gasteiger partial charge in [-0.2, -0.15) is 0 Å². The Labute approximate surface area is 127 Å². The van der Waals surface area contributed by atoms with Crippen molar-refractivity contribution >= 4 is 5.91 Å². The summed E-state index contributed by atoms with van der Waals surface area (Å²) < 4.78 is 5.54. The number of benzene rings is 1. The first-order chi connectivity index (χ1) is 10.2. The number of hydrogen-bond acceptors (Lipinski definition) is 3. The van der Waals surface area contributed by atoms with Crippen LogP contribution in [-0.2, 0) is 4.79 Å². The van der Waals surface area contributed by atoms with Crippen LogP contribution in [0.15, 0.2) is 30.3 Å². The quantitative estimate of drug-likeness (QED) is 0.874. The van der Waals surface area contributed by atoms with Gasteiger partial charge in [-0.25, -0.2) is 0 Å². The van der Waals surface area contributed by atoms with Crippen molar-refractivity contribution in [3.8, 4) is 5.75 Å². The summed E-state index contributed by atoms with van der Waals surface area (Å²) >= 11 is 0. The van der Waals surface area contributed by atoms with Gasteiger partial charge in [-0.1, -0.05) is 32.0 Å². The highest BCUT2D eigenvalue weighted by Gasteiger charge is 2.28. The molecule has 1 aromatic rings. The molecule has 116 valence electrons. The molecule has 1 amide bonds. The fourth-order valence-electron chi connectivity index (χ4n) is 2.76. The van der Waals surface area contributed by atoms with E-state index in [2.05, 4.69) is 19.2 Å². The highest BCUT2D eigenvalue weighted by Crippen LogP contribution is 2.17. The lowest BCUT2D eigenvalue weighted by Crippen LogP contribution is -2.51. The highest BCUT2D eigenvalue weighted by molar-refractivity contribution is 5.77. The first-order valence-electron chi connectivity index (χ1n) is 7.89. The number of ether oxygens (including phenoxy) is 1. The maximum absolute atomic E-state index is 12.2. The number of hydrogen-bond donors (Lipinski definition) is 1. The number of carbonyl (C=O) groups is 1. The molecule has 2 unspecified atom stereocenters. The molecule has 0 saturated carbocycles. The van der Waals surface area contributed by atoms with E-state index >= 15 is 0 Å². The van der Waals surface area contributed by atoms with Crippen LogP contribution in [0.25, 0.3) is 0 Å². The Bertz CT molecular complexity index is 436. The molecule has 0 spiro atoms. The molecule has 0 bridgehead atoms. The van der Waals surface area contributed by atoms with Crippen LogP contribution in [-0.4, -0.2) is 43.1 Å². The molecule has 4 nitrogen and oxygen atoms in total. The van der Waals surface area contributed by atoms with E-state index in [1.54, 1.807) is 0 Å². The predicted octanol–water partition coefficient (Wildman–Crippen LogP) is 2.30. The van der Waals surface area contributed by atoms with Crippen molar-refractivity contribution in [1.29, 1.82) is 0 Å². The van der Waals surface area contributed by atoms with Gasteiger partial charge < -0.3 is 15.0 Å². The Morgan fingerprint density at radius 2 is 2.14 bits per heavy atom. The van der Waals surface area contributed by atoms with E-state index in [1.807, 2.05) is 35.2 Å². The van der Waals surface area contributed by atoms with Gasteiger partial charge in [-0.3, -0.25) is 4.79 Å². The first kappa shape index (κ1) is 15.8. The van der Waals surface area contributed by atoms with E-state index in [4.69, 9.17) is 4.74 Å². The minimum Gasteiger partial charge on any atom is -0.484 e. The maximum Gasteiger partial charge on any atom is 0.260 e. The second-order valence-electron chi connectivity index (χ2n) is 5.77. The zero-order valence-electron chi connectivity index (χ0n) is 13.0. The summed E-state index contributed by atoms with van der Waals surface area (Å²) in [6.07, 6.45) is 2.18. The number of piperidine rings is 1. The Morgan fingerprint density at radius 1 is 1.38 bits per heavy atom. The number of rotatable bonds is 6. The van der Waals surface area contributed by atoms with Crippen LogP contribution >= 0.6 is 0 Å². The molecule has 0 radical (unpaired) electrons. The molecule has 1 aliphatic heterocycles. The third-order valence-electron chi connectivity index (χ3n) is 4.02. The molecule has 1 N–H and O–H groups in total. The second kappa shape index (κ2) is 8.03. The van der Waals surface area contributed by atoms with Crippen LogP contribution in [0.3, 0.4) is 0 Å². The number of likely N-dealkylation sites (tertiary alicyclic amines) is 1. The topological polar surface area (TPSA) is 41.6 Å². The SMILES string of the molecule is CCCNC1CCN(C(=O)COc2ccccc2)CC1C. The van der Waals surface area contributed by atoms with Crippen molar-refractivity contribution < 1.29 is 9.53 Å². The van der Waals surface area contributed by atoms with Crippen molar-refractivity contribution in [2.45, 2.75) is 32.7 Å². The lowest BCUT2D eigenvalue weighted by molar-refractivity contribution is -0.135. The Kier molecular flexibility index (Phi) is 6.05. The fourth-order valence-corrected chi connectivity index (χ4v) is 2.76. The summed E-state index contributed by atoms with van der Waals surface area (Å²) in [5.41, 5.74) is 0. The Morgan fingerprint density at radius 3 is 2.81 bits per heavy atom. The predicted molar refractivity (Wildman–Crippen MR) is 84.4 cm³/mol. The molecular weight excluding hydrogens is 264 g/mol. The van der Waals surface area contributed by atoms with Gasteiger partial charge in [0.25, 0.3) is 5.91 Å². The maximum atomic E-state index is 12.2. The third kappa shape index (κ3) is 4.74. The van der Waals surface area contributed by atoms with Gasteiger partial charge in [0.1, 0.15) is 5.75 Å². The molecule has 2 rings (SSSR count). The van der Waals surface area contributed by atoms with Gasteiger partial charge in [0, 0.05) is 19.1 Å². The molecule has 0 aromatic heterocycles. The molecule has 1 aliphatic rings. The van der Waals surface area contributed by atoms with Gasteiger partial charge in [0.2, 0.25) is 0 Å². The Hall–Kier alpha value is -1.55. The molecule has 4 heteroatoms. The molecular formula is C17H26N2O2. The number of nitrogens with one attached hydrogen (secondary N) is 1. The van der Waals surface area contributed by atoms with Crippen LogP contribution < -0.4 is 10.1 Å². The van der Waals surface area contributed by atoms with E-state index < -0.39 is 0 Å². The molecule has 1 aromatic carbocycles. The number of para-hydroxylation sites is 1. The van der Waals surface area contributed by atoms with Crippen molar-refractivity contribution in [1.82, 2.24) is 10.2 Å². The second-order valence-corrected chi connectivity index (χ2v) is 5.77. The van der Waals surface area contributed by atoms with Crippen LogP contribution in [0.2, 0.25) is 0 Å². The molecule has 0 aliphatic carbocycles. The van der Waals surface area contributed by atoms with Crippen LogP contribution in [0.5, 0.6) is 5.75 Å². The van der Waals surface area contributed by atoms with Crippen LogP contribution in [0.1, 0.15) is 26.7 Å². The summed E-state index contributed by atoms with van der Waals surface area (Å²) in [7, 11) is 0. The van der Waals surface area contributed by atoms with Crippen molar-refractivity contribution in [2.24, 2.45) is 5.92 Å². The summed E-state index contributed by atoms with van der Waals surface area (Å²) in [4.78, 5) is 14.1. The largest absolute Gasteiger partial charge is 0.484 e. The van der Waals surface area contributed by atoms with Crippen molar-refractivity contribution in [3.63, 3.8) is 0 Å². The molecule has 21 heavy (non-hydrogen) atoms. The fraction of sp³-hybridized carbons (Fsp3) is 0.588. The number of nitrogens with zero attached hydrogens (tertiary/aromatic N) is 1. The lowest BCUT2D eigenvalue weighted by atomic mass is 9.93. The standard InChI is InChI=1S/C17H26N2O2/c1-3-10-18-16-9-11-19(12-14(16)2)17(20)13-21-15-7-5-4-6-8-15/h4-8,14,16,18H,3,9-13H2,1-2H3. The van der Waals surface area contributed by atoms with Crippen molar-refractivity contribution in [2.75, 3.05) is 26.2 Å². The molecule has 2 atom stereocenters. The zero-order valence-corrected chi connectivity index (χ0v) is 13.0. The molecule has 1 heterocycles. The van der Waals surface area contributed by atoms with Gasteiger partial charge in [-0.05, 0) is 37.4 Å². The minimum absolute atomic E-state index is 0.0830. The van der Waals surface area contributed by atoms with Gasteiger partial charge in [0.15, 0.2) is 6.61 Å². The van der Waals surface area contributed by atoms with Crippen molar-refractivity contribution in [3.05, 3.63) is 30.3 Å². The number of carbonyl (C=O) groups excluding carboxylic acids is 1. The zero-order chi connectivity index (χ0) is 15.1. The van der Waals surface area contributed by atoms with E-state index in [-0.39, 0.29) is 12.5 Å². The van der Waals surface area contributed by atoms with Crippen LogP contribution in [0.4, 0.5) is 0 Å². The molecule has 1 saturated heterocycles. The average Bonchev–Trinajstić information content (AvgIpc) is 2.52. The molecule has 1 fully saturated rings. The van der Waals surface area contributed by atoms with E-state index in [1.165, 1.54) is 0 Å². The number of amides is 1. The minimum atomic E-state index is 0.0830.